The Morgan fingerprint density at radius 1 is 0.702 bits per heavy atom. The molecule has 7 aromatic rings. The number of rotatable bonds is 4. The smallest absolute Gasteiger partial charge is 0.509 e. The second-order valence-corrected chi connectivity index (χ2v) is 13.4. The fraction of sp³-hybridized carbons (Fsp3) is 0.171. The van der Waals surface area contributed by atoms with E-state index in [0.29, 0.717) is 11.5 Å². The second-order valence-electron chi connectivity index (χ2n) is 13.4. The van der Waals surface area contributed by atoms with Crippen LogP contribution in [-0.4, -0.2) is 14.5 Å². The summed E-state index contributed by atoms with van der Waals surface area (Å²) in [5.41, 5.74) is 7.39. The Balaban J connectivity index is 0.00000351. The molecule has 0 radical (unpaired) electrons. The normalized spacial score (nSPS) is 13.6. The van der Waals surface area contributed by atoms with E-state index in [4.69, 9.17) is 14.7 Å². The van der Waals surface area contributed by atoms with Gasteiger partial charge in [-0.05, 0) is 52.3 Å². The van der Waals surface area contributed by atoms with Gasteiger partial charge in [-0.15, -0.1) is 35.7 Å². The maximum absolute atomic E-state index is 6.51. The van der Waals surface area contributed by atoms with Crippen molar-refractivity contribution in [1.82, 2.24) is 14.5 Å². The van der Waals surface area contributed by atoms with Gasteiger partial charge < -0.3 is 14.2 Å². The molecule has 0 bridgehead atoms. The number of anilines is 3. The van der Waals surface area contributed by atoms with Crippen molar-refractivity contribution in [3.8, 4) is 17.3 Å². The molecule has 234 valence electrons. The number of ether oxygens (including phenoxy) is 1. The average molecular weight is 794 g/mol. The SMILES string of the molecule is CC(C)(C)c1ccnc(-n2c3[c-]c(Oc4[c-]c(N5c6ccccc6C(C)(C)c6cccnc65)ccc4)ccc3c3ccccc32)c1.[Pt+2]. The van der Waals surface area contributed by atoms with Gasteiger partial charge in [0, 0.05) is 46.1 Å². The molecule has 0 unspecified atom stereocenters. The van der Waals surface area contributed by atoms with E-state index in [-0.39, 0.29) is 31.9 Å². The van der Waals surface area contributed by atoms with Crippen LogP contribution in [-0.2, 0) is 31.9 Å². The molecule has 3 aromatic heterocycles. The van der Waals surface area contributed by atoms with Gasteiger partial charge in [0.05, 0.1) is 0 Å². The van der Waals surface area contributed by atoms with Crippen molar-refractivity contribution in [2.75, 3.05) is 4.90 Å². The number of para-hydroxylation sites is 2. The summed E-state index contributed by atoms with van der Waals surface area (Å²) in [4.78, 5) is 11.8. The zero-order chi connectivity index (χ0) is 31.6. The molecule has 0 atom stereocenters. The summed E-state index contributed by atoms with van der Waals surface area (Å²) in [6, 6.07) is 42.6. The van der Waals surface area contributed by atoms with Crippen molar-refractivity contribution in [2.24, 2.45) is 0 Å². The van der Waals surface area contributed by atoms with E-state index in [1.807, 2.05) is 36.7 Å². The monoisotopic (exact) mass is 793 g/mol. The fourth-order valence-corrected chi connectivity index (χ4v) is 6.69. The van der Waals surface area contributed by atoms with Crippen LogP contribution in [0.5, 0.6) is 11.5 Å². The van der Waals surface area contributed by atoms with Crippen molar-refractivity contribution >= 4 is 39.0 Å². The predicted molar refractivity (Wildman–Crippen MR) is 186 cm³/mol. The minimum Gasteiger partial charge on any atom is -0.509 e. The van der Waals surface area contributed by atoms with E-state index in [1.54, 1.807) is 0 Å². The Kier molecular flexibility index (Phi) is 7.56. The van der Waals surface area contributed by atoms with E-state index >= 15 is 0 Å². The van der Waals surface area contributed by atoms with Gasteiger partial charge >= 0.3 is 21.1 Å². The van der Waals surface area contributed by atoms with Gasteiger partial charge in [-0.1, -0.05) is 88.3 Å². The third-order valence-corrected chi connectivity index (χ3v) is 9.10. The molecule has 4 aromatic carbocycles. The summed E-state index contributed by atoms with van der Waals surface area (Å²) in [6.45, 7) is 11.2. The summed E-state index contributed by atoms with van der Waals surface area (Å²) in [6.07, 6.45) is 3.75. The number of hydrogen-bond acceptors (Lipinski definition) is 4. The molecular weight excluding hydrogens is 760 g/mol. The number of aromatic nitrogens is 3. The Morgan fingerprint density at radius 3 is 2.32 bits per heavy atom. The Labute approximate surface area is 290 Å². The van der Waals surface area contributed by atoms with Crippen LogP contribution in [0.25, 0.3) is 27.6 Å². The molecule has 0 saturated heterocycles. The molecule has 8 rings (SSSR count). The van der Waals surface area contributed by atoms with E-state index in [9.17, 15) is 0 Å². The summed E-state index contributed by atoms with van der Waals surface area (Å²) in [5, 5.41) is 2.24. The van der Waals surface area contributed by atoms with Crippen molar-refractivity contribution < 1.29 is 25.8 Å². The summed E-state index contributed by atoms with van der Waals surface area (Å²) in [5.74, 6) is 2.97. The molecule has 0 saturated carbocycles. The summed E-state index contributed by atoms with van der Waals surface area (Å²) in [7, 11) is 0. The number of hydrogen-bond donors (Lipinski definition) is 0. The Hall–Kier alpha value is -4.73. The molecular formula is C41H34N4OPt. The molecule has 1 aliphatic heterocycles. The van der Waals surface area contributed by atoms with Crippen LogP contribution in [0, 0.1) is 12.1 Å². The second kappa shape index (κ2) is 11.5. The maximum Gasteiger partial charge on any atom is 2.00 e. The molecule has 0 fully saturated rings. The number of pyridine rings is 2. The van der Waals surface area contributed by atoms with Gasteiger partial charge in [0.25, 0.3) is 0 Å². The Morgan fingerprint density at radius 2 is 1.47 bits per heavy atom. The average Bonchev–Trinajstić information content (AvgIpc) is 3.38. The van der Waals surface area contributed by atoms with Crippen LogP contribution >= 0.6 is 0 Å². The maximum atomic E-state index is 6.51. The molecule has 5 nitrogen and oxygen atoms in total. The van der Waals surface area contributed by atoms with Crippen molar-refractivity contribution in [1.29, 1.82) is 0 Å². The van der Waals surface area contributed by atoms with Gasteiger partial charge in [0.15, 0.2) is 0 Å². The van der Waals surface area contributed by atoms with Gasteiger partial charge in [-0.3, -0.25) is 0 Å². The van der Waals surface area contributed by atoms with Crippen LogP contribution in [0.1, 0.15) is 51.3 Å². The first-order chi connectivity index (χ1) is 22.2. The molecule has 0 aliphatic carbocycles. The van der Waals surface area contributed by atoms with Gasteiger partial charge in [0.1, 0.15) is 11.6 Å². The first-order valence-corrected chi connectivity index (χ1v) is 15.7. The fourth-order valence-electron chi connectivity index (χ4n) is 6.69. The van der Waals surface area contributed by atoms with Crippen LogP contribution in [0.3, 0.4) is 0 Å². The van der Waals surface area contributed by atoms with Crippen LogP contribution in [0.15, 0.2) is 116 Å². The molecule has 1 aliphatic rings. The minimum atomic E-state index is -0.186. The third-order valence-electron chi connectivity index (χ3n) is 9.10. The van der Waals surface area contributed by atoms with E-state index in [1.165, 1.54) is 16.7 Å². The van der Waals surface area contributed by atoms with Crippen molar-refractivity contribution in [3.05, 3.63) is 144 Å². The summed E-state index contributed by atoms with van der Waals surface area (Å²) >= 11 is 0. The van der Waals surface area contributed by atoms with Crippen LogP contribution in [0.4, 0.5) is 17.2 Å². The molecule has 6 heteroatoms. The molecule has 47 heavy (non-hydrogen) atoms. The van der Waals surface area contributed by atoms with E-state index in [2.05, 4.69) is 135 Å². The topological polar surface area (TPSA) is 43.2 Å². The van der Waals surface area contributed by atoms with E-state index < -0.39 is 0 Å². The first kappa shape index (κ1) is 30.9. The quantitative estimate of drug-likeness (QED) is 0.167. The van der Waals surface area contributed by atoms with E-state index in [0.717, 1.165) is 44.8 Å². The number of benzene rings is 4. The van der Waals surface area contributed by atoms with Crippen LogP contribution in [0.2, 0.25) is 0 Å². The summed E-state index contributed by atoms with van der Waals surface area (Å²) < 4.78 is 8.69. The number of fused-ring (bicyclic) bond motifs is 5. The third kappa shape index (κ3) is 5.14. The largest absolute Gasteiger partial charge is 2.00 e. The van der Waals surface area contributed by atoms with Crippen LogP contribution < -0.4 is 9.64 Å². The standard InChI is InChI=1S/C41H34N4O.Pt/c1-40(2,3)27-21-23-42-38(24-27)45-35-17-8-6-14-31(35)32-20-19-30(26-37(32)45)46-29-13-10-12-28(25-29)44-36-18-9-7-15-33(36)41(4,5)34-16-11-22-43-39(34)44;/h6-24H,1-5H3;/q-2;+2. The van der Waals surface area contributed by atoms with Crippen molar-refractivity contribution in [2.45, 2.75) is 45.4 Å². The molecule has 4 heterocycles. The Bertz CT molecular complexity index is 2230. The first-order valence-electron chi connectivity index (χ1n) is 15.7. The van der Waals surface area contributed by atoms with Crippen molar-refractivity contribution in [3.63, 3.8) is 0 Å². The predicted octanol–water partition coefficient (Wildman–Crippen LogP) is 10.4. The molecule has 0 spiro atoms. The minimum absolute atomic E-state index is 0. The zero-order valence-electron chi connectivity index (χ0n) is 27.0. The van der Waals surface area contributed by atoms with Gasteiger partial charge in [-0.25, -0.2) is 9.97 Å². The molecule has 0 amide bonds. The number of nitrogens with zero attached hydrogens (tertiary/aromatic N) is 4. The van der Waals surface area contributed by atoms with Gasteiger partial charge in [0.2, 0.25) is 0 Å². The van der Waals surface area contributed by atoms with Gasteiger partial charge in [-0.2, -0.15) is 12.1 Å². The zero-order valence-corrected chi connectivity index (χ0v) is 29.3. The molecule has 0 N–H and O–H groups in total.